The number of hydrogen-bond donors (Lipinski definition) is 2. The highest BCUT2D eigenvalue weighted by Crippen LogP contribution is 2.38. The summed E-state index contributed by atoms with van der Waals surface area (Å²) in [5.41, 5.74) is 1.82. The summed E-state index contributed by atoms with van der Waals surface area (Å²) < 4.78 is 28.4. The molecule has 0 fully saturated rings. The average molecular weight is 465 g/mol. The first kappa shape index (κ1) is 23.0. The Morgan fingerprint density at radius 3 is 2.42 bits per heavy atom. The van der Waals surface area contributed by atoms with E-state index in [2.05, 4.69) is 15.4 Å². The number of carbonyl (C=O) groups excluding carboxylic acids is 3. The van der Waals surface area contributed by atoms with Gasteiger partial charge < -0.3 is 10.1 Å². The predicted octanol–water partition coefficient (Wildman–Crippen LogP) is 3.10. The molecule has 1 aliphatic carbocycles. The van der Waals surface area contributed by atoms with Crippen molar-refractivity contribution in [3.63, 3.8) is 0 Å². The van der Waals surface area contributed by atoms with Gasteiger partial charge in [0.15, 0.2) is 9.84 Å². The van der Waals surface area contributed by atoms with Crippen LogP contribution in [0.2, 0.25) is 0 Å². The molecule has 10 heteroatoms. The number of carbonyl (C=O) groups is 3. The molecule has 1 aromatic heterocycles. The van der Waals surface area contributed by atoms with Gasteiger partial charge in [-0.3, -0.25) is 14.9 Å². The van der Waals surface area contributed by atoms with Gasteiger partial charge in [-0.25, -0.2) is 13.2 Å². The minimum absolute atomic E-state index is 0.00624. The first-order valence-electron chi connectivity index (χ1n) is 9.90. The van der Waals surface area contributed by atoms with Gasteiger partial charge in [-0.05, 0) is 48.9 Å². The van der Waals surface area contributed by atoms with Crippen LogP contribution in [0.3, 0.4) is 0 Å². The van der Waals surface area contributed by atoms with Crippen molar-refractivity contribution in [2.75, 3.05) is 18.2 Å². The zero-order chi connectivity index (χ0) is 22.6. The Morgan fingerprint density at radius 2 is 1.77 bits per heavy atom. The van der Waals surface area contributed by atoms with Crippen LogP contribution in [0.25, 0.3) is 0 Å². The van der Waals surface area contributed by atoms with E-state index in [0.717, 1.165) is 29.7 Å². The first-order valence-corrected chi connectivity index (χ1v) is 12.4. The Balaban J connectivity index is 1.78. The van der Waals surface area contributed by atoms with Crippen LogP contribution in [0.1, 0.15) is 46.1 Å². The minimum Gasteiger partial charge on any atom is -0.453 e. The number of ether oxygens (including phenoxy) is 1. The molecule has 2 aromatic rings. The number of imide groups is 1. The number of alkyl carbamates (subject to hydrolysis) is 1. The van der Waals surface area contributed by atoms with Crippen LogP contribution in [0.5, 0.6) is 0 Å². The van der Waals surface area contributed by atoms with Crippen LogP contribution < -0.4 is 10.6 Å². The maximum absolute atomic E-state index is 12.7. The number of amides is 3. The molecule has 1 heterocycles. The highest BCUT2D eigenvalue weighted by atomic mass is 32.2. The van der Waals surface area contributed by atoms with Gasteiger partial charge in [-0.1, -0.05) is 19.1 Å². The molecule has 0 radical (unpaired) electrons. The highest BCUT2D eigenvalue weighted by molar-refractivity contribution is 7.91. The van der Waals surface area contributed by atoms with Crippen molar-refractivity contribution in [3.05, 3.63) is 45.8 Å². The molecule has 31 heavy (non-hydrogen) atoms. The maximum Gasteiger partial charge on any atom is 0.413 e. The van der Waals surface area contributed by atoms with Gasteiger partial charge in [-0.2, -0.15) is 0 Å². The van der Waals surface area contributed by atoms with E-state index in [0.29, 0.717) is 22.5 Å². The second-order valence-electron chi connectivity index (χ2n) is 7.13. The largest absolute Gasteiger partial charge is 0.453 e. The molecule has 0 saturated heterocycles. The lowest BCUT2D eigenvalue weighted by atomic mass is 9.95. The molecule has 1 aliphatic rings. The fraction of sp³-hybridized carbons (Fsp3) is 0.381. The number of thiophene rings is 1. The normalized spacial score (nSPS) is 13.2. The van der Waals surface area contributed by atoms with Crippen LogP contribution in [0.15, 0.2) is 29.2 Å². The third-order valence-electron chi connectivity index (χ3n) is 5.08. The fourth-order valence-electron chi connectivity index (χ4n) is 3.44. The van der Waals surface area contributed by atoms with Crippen LogP contribution in [-0.2, 0) is 38.6 Å². The molecule has 0 atom stereocenters. The summed E-state index contributed by atoms with van der Waals surface area (Å²) in [7, 11) is -2.13. The number of hydrogen-bond acceptors (Lipinski definition) is 7. The molecule has 3 amide bonds. The van der Waals surface area contributed by atoms with Gasteiger partial charge in [0.25, 0.3) is 5.91 Å². The van der Waals surface area contributed by atoms with Crippen LogP contribution in [0, 0.1) is 0 Å². The molecule has 1 aromatic carbocycles. The third kappa shape index (κ3) is 5.31. The molecule has 0 saturated carbocycles. The van der Waals surface area contributed by atoms with E-state index in [4.69, 9.17) is 0 Å². The highest BCUT2D eigenvalue weighted by Gasteiger charge is 2.27. The quantitative estimate of drug-likeness (QED) is 0.678. The molecule has 166 valence electrons. The van der Waals surface area contributed by atoms with Gasteiger partial charge in [0.05, 0.1) is 29.7 Å². The summed E-state index contributed by atoms with van der Waals surface area (Å²) >= 11 is 1.35. The van der Waals surface area contributed by atoms with Gasteiger partial charge in [0.2, 0.25) is 5.91 Å². The van der Waals surface area contributed by atoms with Crippen molar-refractivity contribution < 1.29 is 27.5 Å². The van der Waals surface area contributed by atoms with Crippen LogP contribution in [-0.4, -0.2) is 39.2 Å². The summed E-state index contributed by atoms with van der Waals surface area (Å²) in [6, 6.07) is 6.18. The van der Waals surface area contributed by atoms with Gasteiger partial charge in [-0.15, -0.1) is 11.3 Å². The minimum atomic E-state index is -3.30. The van der Waals surface area contributed by atoms with E-state index in [-0.39, 0.29) is 23.0 Å². The Labute approximate surface area is 184 Å². The average Bonchev–Trinajstić information content (AvgIpc) is 3.11. The van der Waals surface area contributed by atoms with E-state index >= 15 is 0 Å². The van der Waals surface area contributed by atoms with E-state index < -0.39 is 21.8 Å². The van der Waals surface area contributed by atoms with Crippen molar-refractivity contribution in [2.45, 2.75) is 43.9 Å². The van der Waals surface area contributed by atoms with Crippen LogP contribution in [0.4, 0.5) is 9.80 Å². The van der Waals surface area contributed by atoms with Crippen molar-refractivity contribution in [3.8, 4) is 0 Å². The van der Waals surface area contributed by atoms with E-state index in [1.807, 2.05) is 0 Å². The summed E-state index contributed by atoms with van der Waals surface area (Å²) in [5.74, 6) is -0.931. The van der Waals surface area contributed by atoms with Crippen molar-refractivity contribution in [1.29, 1.82) is 0 Å². The van der Waals surface area contributed by atoms with Crippen molar-refractivity contribution in [2.24, 2.45) is 0 Å². The molecule has 0 spiro atoms. The van der Waals surface area contributed by atoms with Gasteiger partial charge in [0, 0.05) is 4.88 Å². The van der Waals surface area contributed by atoms with E-state index in [1.54, 1.807) is 19.1 Å². The van der Waals surface area contributed by atoms with E-state index in [9.17, 15) is 22.8 Å². The number of methoxy groups -OCH3 is 1. The molecule has 0 unspecified atom stereocenters. The smallest absolute Gasteiger partial charge is 0.413 e. The Morgan fingerprint density at radius 1 is 1.10 bits per heavy atom. The number of rotatable bonds is 6. The second kappa shape index (κ2) is 9.61. The number of aryl methyl sites for hydroxylation is 1. The topological polar surface area (TPSA) is 119 Å². The predicted molar refractivity (Wildman–Crippen MR) is 117 cm³/mol. The third-order valence-corrected chi connectivity index (χ3v) is 8.04. The Kier molecular flexibility index (Phi) is 7.11. The fourth-order valence-corrected chi connectivity index (χ4v) is 5.62. The number of sulfone groups is 1. The monoisotopic (exact) mass is 464 g/mol. The molecule has 2 N–H and O–H groups in total. The number of nitrogens with one attached hydrogen (secondary N) is 2. The summed E-state index contributed by atoms with van der Waals surface area (Å²) in [6.07, 6.45) is 2.63. The lowest BCUT2D eigenvalue weighted by Crippen LogP contribution is -2.31. The number of fused-ring (bicyclic) bond motifs is 1. The summed E-state index contributed by atoms with van der Waals surface area (Å²) in [6.45, 7) is 1.57. The van der Waals surface area contributed by atoms with Crippen molar-refractivity contribution in [1.82, 2.24) is 5.32 Å². The summed E-state index contributed by atoms with van der Waals surface area (Å²) in [5, 5.41) is 5.37. The zero-order valence-corrected chi connectivity index (χ0v) is 19.0. The molecular formula is C21H24N2O6S2. The number of benzene rings is 1. The molecular weight excluding hydrogens is 440 g/mol. The molecule has 0 aliphatic heterocycles. The van der Waals surface area contributed by atoms with E-state index in [1.165, 1.54) is 30.6 Å². The number of anilines is 1. The maximum atomic E-state index is 12.7. The molecule has 3 rings (SSSR count). The lowest BCUT2D eigenvalue weighted by molar-refractivity contribution is -0.115. The standard InChI is InChI=1S/C21H24N2O6S2/c1-3-31(27,28)14-10-8-13(9-11-14)12-17(24)22-20-18(19(25)23-21(26)29-2)15-6-4-5-7-16(15)30-20/h8-11H,3-7,12H2,1-2H3,(H,22,24)(H,23,25,26). The molecule has 0 bridgehead atoms. The zero-order valence-electron chi connectivity index (χ0n) is 17.3. The second-order valence-corrected chi connectivity index (χ2v) is 10.5. The van der Waals surface area contributed by atoms with Gasteiger partial charge >= 0.3 is 6.09 Å². The lowest BCUT2D eigenvalue weighted by Gasteiger charge is -2.12. The van der Waals surface area contributed by atoms with Crippen molar-refractivity contribution >= 4 is 44.1 Å². The summed E-state index contributed by atoms with van der Waals surface area (Å²) in [4.78, 5) is 38.0. The van der Waals surface area contributed by atoms with Crippen LogP contribution >= 0.6 is 11.3 Å². The SMILES string of the molecule is CCS(=O)(=O)c1ccc(CC(=O)Nc2sc3c(c2C(=O)NC(=O)OC)CCCC3)cc1. The first-order chi connectivity index (χ1) is 14.7. The molecule has 8 nitrogen and oxygen atoms in total. The van der Waals surface area contributed by atoms with Gasteiger partial charge in [0.1, 0.15) is 5.00 Å². The Bertz CT molecular complexity index is 1100. The Hall–Kier alpha value is -2.72.